The van der Waals surface area contributed by atoms with Crippen LogP contribution >= 0.6 is 0 Å². The van der Waals surface area contributed by atoms with Crippen molar-refractivity contribution in [3.8, 4) is 0 Å². The van der Waals surface area contributed by atoms with Crippen LogP contribution in [-0.4, -0.2) is 48.1 Å². The van der Waals surface area contributed by atoms with E-state index in [4.69, 9.17) is 0 Å². The highest BCUT2D eigenvalue weighted by atomic mass is 15.2. The molecule has 0 saturated carbocycles. The molecule has 0 aromatic heterocycles. The van der Waals surface area contributed by atoms with Gasteiger partial charge >= 0.3 is 0 Å². The van der Waals surface area contributed by atoms with Crippen LogP contribution in [-0.2, 0) is 0 Å². The van der Waals surface area contributed by atoms with Crippen molar-refractivity contribution in [2.45, 2.75) is 108 Å². The van der Waals surface area contributed by atoms with Crippen LogP contribution < -0.4 is 0 Å². The molecule has 140 valence electrons. The van der Waals surface area contributed by atoms with E-state index >= 15 is 0 Å². The monoisotopic (exact) mass is 318 g/mol. The maximum absolute atomic E-state index is 2.53. The molecular formula is C20H50N2. The minimum Gasteiger partial charge on any atom is -0.301 e. The molecule has 2 aliphatic heterocycles. The Morgan fingerprint density at radius 1 is 0.500 bits per heavy atom. The third-order valence-corrected chi connectivity index (χ3v) is 3.74. The van der Waals surface area contributed by atoms with Crippen LogP contribution in [0, 0.1) is 0 Å². The van der Waals surface area contributed by atoms with Gasteiger partial charge in [0.2, 0.25) is 0 Å². The van der Waals surface area contributed by atoms with E-state index in [1.165, 1.54) is 51.9 Å². The Hall–Kier alpha value is -0.0800. The summed E-state index contributed by atoms with van der Waals surface area (Å²) in [6.07, 6.45) is 5.66. The van der Waals surface area contributed by atoms with Crippen LogP contribution in [0.5, 0.6) is 0 Å². The van der Waals surface area contributed by atoms with E-state index in [0.29, 0.717) is 0 Å². The van der Waals surface area contributed by atoms with Gasteiger partial charge in [0.15, 0.2) is 0 Å². The number of hydrogen-bond donors (Lipinski definition) is 0. The van der Waals surface area contributed by atoms with Gasteiger partial charge < -0.3 is 9.80 Å². The van der Waals surface area contributed by atoms with E-state index in [2.05, 4.69) is 37.5 Å². The first-order valence-electron chi connectivity index (χ1n) is 9.09. The lowest BCUT2D eigenvalue weighted by atomic mass is 10.3. The Morgan fingerprint density at radius 3 is 0.773 bits per heavy atom. The topological polar surface area (TPSA) is 6.48 Å². The van der Waals surface area contributed by atoms with Gasteiger partial charge in [0.25, 0.3) is 0 Å². The predicted molar refractivity (Wildman–Crippen MR) is 108 cm³/mol. The largest absolute Gasteiger partial charge is 0.301 e. The molecule has 0 N–H and O–H groups in total. The molecule has 0 aromatic rings. The van der Waals surface area contributed by atoms with Gasteiger partial charge in [-0.2, -0.15) is 0 Å². The molecule has 2 heteroatoms. The Morgan fingerprint density at radius 2 is 0.682 bits per heavy atom. The quantitative estimate of drug-likeness (QED) is 0.589. The Balaban J connectivity index is -0.000000112. The van der Waals surface area contributed by atoms with E-state index < -0.39 is 0 Å². The molecule has 2 rings (SSSR count). The van der Waals surface area contributed by atoms with Crippen LogP contribution in [0.3, 0.4) is 0 Å². The van der Waals surface area contributed by atoms with Gasteiger partial charge in [0, 0.05) is 12.1 Å². The lowest BCUT2D eigenvalue weighted by Gasteiger charge is -2.18. The highest BCUT2D eigenvalue weighted by molar-refractivity contribution is 4.69. The van der Waals surface area contributed by atoms with Crippen LogP contribution in [0.15, 0.2) is 0 Å². The molecule has 0 radical (unpaired) electrons. The van der Waals surface area contributed by atoms with Crippen molar-refractivity contribution in [3.63, 3.8) is 0 Å². The number of hydrogen-bond acceptors (Lipinski definition) is 2. The highest BCUT2D eigenvalue weighted by Gasteiger charge is 2.13. The van der Waals surface area contributed by atoms with Crippen molar-refractivity contribution >= 4 is 0 Å². The lowest BCUT2D eigenvalue weighted by molar-refractivity contribution is 0.276. The summed E-state index contributed by atoms with van der Waals surface area (Å²) < 4.78 is 0. The number of rotatable bonds is 2. The summed E-state index contributed by atoms with van der Waals surface area (Å²) in [5.41, 5.74) is 0. The Labute approximate surface area is 144 Å². The summed E-state index contributed by atoms with van der Waals surface area (Å²) >= 11 is 0. The second-order valence-electron chi connectivity index (χ2n) is 5.67. The molecule has 2 aliphatic rings. The third kappa shape index (κ3) is 14.8. The third-order valence-electron chi connectivity index (χ3n) is 3.74. The average Bonchev–Trinajstić information content (AvgIpc) is 3.17. The van der Waals surface area contributed by atoms with Gasteiger partial charge in [-0.05, 0) is 79.6 Å². The summed E-state index contributed by atoms with van der Waals surface area (Å²) in [5, 5.41) is 0. The molecule has 0 atom stereocenters. The average molecular weight is 319 g/mol. The summed E-state index contributed by atoms with van der Waals surface area (Å²) in [5.74, 6) is 0. The highest BCUT2D eigenvalue weighted by Crippen LogP contribution is 2.10. The first kappa shape index (κ1) is 29.9. The SMILES string of the molecule is C.C.CC.CC.CC(C)N1CCCC1.CC(C)N1CCCC1. The fraction of sp³-hybridized carbons (Fsp3) is 1.00. The van der Waals surface area contributed by atoms with Crippen molar-refractivity contribution in [3.05, 3.63) is 0 Å². The molecule has 0 amide bonds. The Bertz CT molecular complexity index is 147. The second kappa shape index (κ2) is 20.9. The van der Waals surface area contributed by atoms with E-state index in [-0.39, 0.29) is 14.9 Å². The molecule has 2 fully saturated rings. The molecule has 0 spiro atoms. The van der Waals surface area contributed by atoms with Gasteiger partial charge in [0.05, 0.1) is 0 Å². The summed E-state index contributed by atoms with van der Waals surface area (Å²) in [7, 11) is 0. The Kier molecular flexibility index (Phi) is 28.4. The zero-order valence-corrected chi connectivity index (χ0v) is 15.7. The van der Waals surface area contributed by atoms with Crippen LogP contribution in [0.25, 0.3) is 0 Å². The van der Waals surface area contributed by atoms with Crippen molar-refractivity contribution in [2.24, 2.45) is 0 Å². The van der Waals surface area contributed by atoms with E-state index in [1.807, 2.05) is 27.7 Å². The summed E-state index contributed by atoms with van der Waals surface area (Å²) in [6.45, 7) is 22.4. The maximum Gasteiger partial charge on any atom is 0.00385 e. The molecule has 22 heavy (non-hydrogen) atoms. The van der Waals surface area contributed by atoms with Crippen LogP contribution in [0.1, 0.15) is 95.9 Å². The van der Waals surface area contributed by atoms with Crippen LogP contribution in [0.4, 0.5) is 0 Å². The van der Waals surface area contributed by atoms with E-state index in [1.54, 1.807) is 0 Å². The first-order chi connectivity index (χ1) is 9.61. The maximum atomic E-state index is 2.53. The molecule has 2 heterocycles. The zero-order valence-electron chi connectivity index (χ0n) is 15.7. The number of nitrogens with zero attached hydrogens (tertiary/aromatic N) is 2. The van der Waals surface area contributed by atoms with Crippen molar-refractivity contribution < 1.29 is 0 Å². The molecule has 2 nitrogen and oxygen atoms in total. The van der Waals surface area contributed by atoms with Gasteiger partial charge in [-0.1, -0.05) is 42.5 Å². The van der Waals surface area contributed by atoms with Gasteiger partial charge in [-0.15, -0.1) is 0 Å². The molecule has 0 bridgehead atoms. The van der Waals surface area contributed by atoms with E-state index in [9.17, 15) is 0 Å². The number of likely N-dealkylation sites (tertiary alicyclic amines) is 2. The smallest absolute Gasteiger partial charge is 0.00385 e. The van der Waals surface area contributed by atoms with Gasteiger partial charge in [-0.25, -0.2) is 0 Å². The van der Waals surface area contributed by atoms with Crippen LogP contribution in [0.2, 0.25) is 0 Å². The van der Waals surface area contributed by atoms with Crippen molar-refractivity contribution in [1.82, 2.24) is 9.80 Å². The van der Waals surface area contributed by atoms with Crippen molar-refractivity contribution in [1.29, 1.82) is 0 Å². The first-order valence-corrected chi connectivity index (χ1v) is 9.09. The summed E-state index contributed by atoms with van der Waals surface area (Å²) in [6, 6.07) is 1.55. The van der Waals surface area contributed by atoms with Gasteiger partial charge in [0.1, 0.15) is 0 Å². The fourth-order valence-corrected chi connectivity index (χ4v) is 2.52. The van der Waals surface area contributed by atoms with Gasteiger partial charge in [-0.3, -0.25) is 0 Å². The van der Waals surface area contributed by atoms with E-state index in [0.717, 1.165) is 12.1 Å². The lowest BCUT2D eigenvalue weighted by Crippen LogP contribution is -2.26. The zero-order chi connectivity index (χ0) is 16.0. The minimum atomic E-state index is 0. The molecule has 2 saturated heterocycles. The fourth-order valence-electron chi connectivity index (χ4n) is 2.52. The predicted octanol–water partition coefficient (Wildman–Crippen LogP) is 6.31. The molecule has 0 aromatic carbocycles. The normalized spacial score (nSPS) is 17.2. The standard InChI is InChI=1S/2C7H15N.2C2H6.2CH4/c2*1-7(2)8-5-3-4-6-8;2*1-2;;/h2*7H,3-6H2,1-2H3;2*1-2H3;2*1H4. The second-order valence-corrected chi connectivity index (χ2v) is 5.67. The minimum absolute atomic E-state index is 0. The molecule has 0 aliphatic carbocycles. The molecule has 0 unspecified atom stereocenters. The molecular weight excluding hydrogens is 268 g/mol. The van der Waals surface area contributed by atoms with Crippen molar-refractivity contribution in [2.75, 3.05) is 26.2 Å². The summed E-state index contributed by atoms with van der Waals surface area (Å²) in [4.78, 5) is 5.06.